The number of alkyl halides is 3. The average Bonchev–Trinajstić information content (AvgIpc) is 3.10. The molecule has 0 aliphatic heterocycles. The number of halogens is 3. The highest BCUT2D eigenvalue weighted by molar-refractivity contribution is 5.71. The van der Waals surface area contributed by atoms with Gasteiger partial charge in [-0.15, -0.1) is 5.10 Å². The van der Waals surface area contributed by atoms with Crippen molar-refractivity contribution in [3.8, 4) is 11.4 Å². The molecule has 11 heteroatoms. The van der Waals surface area contributed by atoms with Gasteiger partial charge in [0.05, 0.1) is 17.5 Å². The summed E-state index contributed by atoms with van der Waals surface area (Å²) < 4.78 is 39.7. The second-order valence-corrected chi connectivity index (χ2v) is 6.07. The SMILES string of the molecule is Cc1cc(Nc2cc(C(F)(F)F)ccn2)nc(-c2cn([C@@H](C)C(=O)O)nn2)c1. The highest BCUT2D eigenvalue weighted by atomic mass is 19.4. The van der Waals surface area contributed by atoms with Crippen molar-refractivity contribution < 1.29 is 23.1 Å². The zero-order chi connectivity index (χ0) is 20.5. The molecule has 0 unspecified atom stereocenters. The number of nitrogens with zero attached hydrogens (tertiary/aromatic N) is 5. The summed E-state index contributed by atoms with van der Waals surface area (Å²) in [5.41, 5.74) is 0.652. The van der Waals surface area contributed by atoms with Crippen molar-refractivity contribution in [1.29, 1.82) is 0 Å². The van der Waals surface area contributed by atoms with Crippen LogP contribution in [0, 0.1) is 6.92 Å². The minimum Gasteiger partial charge on any atom is -0.480 e. The number of nitrogens with one attached hydrogen (secondary N) is 1. The minimum atomic E-state index is -4.48. The van der Waals surface area contributed by atoms with Crippen LogP contribution in [0.5, 0.6) is 0 Å². The summed E-state index contributed by atoms with van der Waals surface area (Å²) in [4.78, 5) is 19.2. The van der Waals surface area contributed by atoms with Crippen LogP contribution in [-0.4, -0.2) is 36.0 Å². The van der Waals surface area contributed by atoms with Gasteiger partial charge in [-0.1, -0.05) is 5.21 Å². The Morgan fingerprint density at radius 3 is 2.64 bits per heavy atom. The molecule has 2 N–H and O–H groups in total. The number of pyridine rings is 2. The Morgan fingerprint density at radius 2 is 1.96 bits per heavy atom. The summed E-state index contributed by atoms with van der Waals surface area (Å²) in [6.07, 6.45) is -1.99. The quantitative estimate of drug-likeness (QED) is 0.685. The fourth-order valence-corrected chi connectivity index (χ4v) is 2.37. The number of aliphatic carboxylic acids is 1. The van der Waals surface area contributed by atoms with Gasteiger partial charge in [0.2, 0.25) is 0 Å². The largest absolute Gasteiger partial charge is 0.480 e. The van der Waals surface area contributed by atoms with E-state index in [0.29, 0.717) is 11.4 Å². The minimum absolute atomic E-state index is 0.0120. The second-order valence-electron chi connectivity index (χ2n) is 6.07. The molecule has 0 radical (unpaired) electrons. The smallest absolute Gasteiger partial charge is 0.416 e. The van der Waals surface area contributed by atoms with E-state index >= 15 is 0 Å². The third-order valence-electron chi connectivity index (χ3n) is 3.84. The van der Waals surface area contributed by atoms with Crippen LogP contribution in [-0.2, 0) is 11.0 Å². The maximum atomic E-state index is 12.9. The first-order valence-corrected chi connectivity index (χ1v) is 8.07. The van der Waals surface area contributed by atoms with E-state index in [1.165, 1.54) is 17.8 Å². The Kier molecular flexibility index (Phi) is 4.99. The van der Waals surface area contributed by atoms with E-state index < -0.39 is 23.8 Å². The summed E-state index contributed by atoms with van der Waals surface area (Å²) in [6, 6.07) is 4.19. The fourth-order valence-electron chi connectivity index (χ4n) is 2.37. The standard InChI is InChI=1S/C17H15F3N6O2/c1-9-5-12(13-8-26(25-24-13)10(2)16(27)28)22-15(6-9)23-14-7-11(3-4-21-14)17(18,19)20/h3-8,10H,1-2H3,(H,27,28)(H,21,22,23)/t10-/m0/s1. The van der Waals surface area contributed by atoms with Gasteiger partial charge in [0, 0.05) is 6.20 Å². The van der Waals surface area contributed by atoms with E-state index in [1.807, 2.05) is 0 Å². The van der Waals surface area contributed by atoms with Crippen LogP contribution in [0.25, 0.3) is 11.4 Å². The van der Waals surface area contributed by atoms with E-state index in [-0.39, 0.29) is 11.6 Å². The molecule has 28 heavy (non-hydrogen) atoms. The molecule has 0 aromatic carbocycles. The van der Waals surface area contributed by atoms with Gasteiger partial charge in [-0.2, -0.15) is 13.2 Å². The number of carbonyl (C=O) groups is 1. The number of hydrogen-bond acceptors (Lipinski definition) is 6. The first-order valence-electron chi connectivity index (χ1n) is 8.07. The molecule has 0 aliphatic carbocycles. The molecule has 1 atom stereocenters. The molecule has 0 aliphatic rings. The molecule has 3 rings (SSSR count). The topological polar surface area (TPSA) is 106 Å². The van der Waals surface area contributed by atoms with E-state index in [9.17, 15) is 18.0 Å². The molecular formula is C17H15F3N6O2. The molecule has 0 spiro atoms. The molecule has 3 aromatic heterocycles. The molecule has 8 nitrogen and oxygen atoms in total. The first kappa shape index (κ1) is 19.3. The molecule has 3 aromatic rings. The van der Waals surface area contributed by atoms with Crippen molar-refractivity contribution in [3.63, 3.8) is 0 Å². The summed E-state index contributed by atoms with van der Waals surface area (Å²) in [5.74, 6) is -0.809. The summed E-state index contributed by atoms with van der Waals surface area (Å²) in [6.45, 7) is 3.23. The van der Waals surface area contributed by atoms with Gasteiger partial charge in [0.25, 0.3) is 0 Å². The van der Waals surface area contributed by atoms with Crippen LogP contribution in [0.15, 0.2) is 36.7 Å². The van der Waals surface area contributed by atoms with E-state index in [1.54, 1.807) is 19.1 Å². The number of hydrogen-bond donors (Lipinski definition) is 2. The van der Waals surface area contributed by atoms with Crippen LogP contribution in [0.1, 0.15) is 24.1 Å². The highest BCUT2D eigenvalue weighted by Crippen LogP contribution is 2.30. The Bertz CT molecular complexity index is 1020. The Hall–Kier alpha value is -3.50. The lowest BCUT2D eigenvalue weighted by Gasteiger charge is -2.10. The molecule has 0 saturated heterocycles. The van der Waals surface area contributed by atoms with Gasteiger partial charge in [-0.3, -0.25) is 0 Å². The number of carboxylic acids is 1. The molecule has 0 amide bonds. The van der Waals surface area contributed by atoms with Crippen LogP contribution in [0.4, 0.5) is 24.8 Å². The first-order chi connectivity index (χ1) is 13.1. The molecular weight excluding hydrogens is 377 g/mol. The molecule has 3 heterocycles. The molecule has 0 bridgehead atoms. The Labute approximate surface area is 157 Å². The van der Waals surface area contributed by atoms with Gasteiger partial charge in [0.15, 0.2) is 0 Å². The normalized spacial score (nSPS) is 12.6. The molecule has 146 valence electrons. The van der Waals surface area contributed by atoms with Crippen molar-refractivity contribution in [2.24, 2.45) is 0 Å². The van der Waals surface area contributed by atoms with Gasteiger partial charge in [0.1, 0.15) is 23.4 Å². The van der Waals surface area contributed by atoms with Crippen LogP contribution < -0.4 is 5.32 Å². The monoisotopic (exact) mass is 392 g/mol. The Balaban J connectivity index is 1.90. The average molecular weight is 392 g/mol. The van der Waals surface area contributed by atoms with Crippen molar-refractivity contribution in [1.82, 2.24) is 25.0 Å². The van der Waals surface area contributed by atoms with Crippen LogP contribution in [0.2, 0.25) is 0 Å². The lowest BCUT2D eigenvalue weighted by Crippen LogP contribution is -2.15. The van der Waals surface area contributed by atoms with E-state index in [0.717, 1.165) is 23.9 Å². The number of rotatable bonds is 5. The van der Waals surface area contributed by atoms with Gasteiger partial charge in [-0.05, 0) is 43.7 Å². The number of carboxylic acid groups (broad SMARTS) is 1. The second kappa shape index (κ2) is 7.25. The lowest BCUT2D eigenvalue weighted by molar-refractivity contribution is -0.140. The predicted octanol–water partition coefficient (Wildman–Crippen LogP) is 3.45. The lowest BCUT2D eigenvalue weighted by atomic mass is 10.2. The summed E-state index contributed by atoms with van der Waals surface area (Å²) >= 11 is 0. The maximum absolute atomic E-state index is 12.9. The van der Waals surface area contributed by atoms with E-state index in [4.69, 9.17) is 5.11 Å². The predicted molar refractivity (Wildman–Crippen MR) is 92.9 cm³/mol. The zero-order valence-electron chi connectivity index (χ0n) is 14.8. The highest BCUT2D eigenvalue weighted by Gasteiger charge is 2.30. The number of aryl methyl sites for hydroxylation is 1. The third kappa shape index (κ3) is 4.24. The van der Waals surface area contributed by atoms with Crippen LogP contribution in [0.3, 0.4) is 0 Å². The van der Waals surface area contributed by atoms with E-state index in [2.05, 4.69) is 25.6 Å². The zero-order valence-corrected chi connectivity index (χ0v) is 14.8. The summed E-state index contributed by atoms with van der Waals surface area (Å²) in [7, 11) is 0. The Morgan fingerprint density at radius 1 is 1.21 bits per heavy atom. The van der Waals surface area contributed by atoms with Gasteiger partial charge in [-0.25, -0.2) is 19.4 Å². The molecule has 0 fully saturated rings. The van der Waals surface area contributed by atoms with Crippen molar-refractivity contribution >= 4 is 17.6 Å². The van der Waals surface area contributed by atoms with Crippen molar-refractivity contribution in [3.05, 3.63) is 47.8 Å². The van der Waals surface area contributed by atoms with Crippen molar-refractivity contribution in [2.45, 2.75) is 26.1 Å². The van der Waals surface area contributed by atoms with Crippen LogP contribution >= 0.6 is 0 Å². The van der Waals surface area contributed by atoms with Gasteiger partial charge < -0.3 is 10.4 Å². The molecule has 0 saturated carbocycles. The van der Waals surface area contributed by atoms with Crippen molar-refractivity contribution in [2.75, 3.05) is 5.32 Å². The number of aromatic nitrogens is 5. The third-order valence-corrected chi connectivity index (χ3v) is 3.84. The maximum Gasteiger partial charge on any atom is 0.416 e. The fraction of sp³-hybridized carbons (Fsp3) is 0.235. The van der Waals surface area contributed by atoms with Gasteiger partial charge >= 0.3 is 12.1 Å². The summed E-state index contributed by atoms with van der Waals surface area (Å²) in [5, 5.41) is 19.5. The number of anilines is 2.